The van der Waals surface area contributed by atoms with E-state index < -0.39 is 18.2 Å². The fraction of sp³-hybridized carbons (Fsp3) is 0.283. The molecule has 0 spiro atoms. The van der Waals surface area contributed by atoms with Gasteiger partial charge in [-0.2, -0.15) is 0 Å². The van der Waals surface area contributed by atoms with Crippen molar-refractivity contribution in [2.45, 2.75) is 49.9 Å². The maximum Gasteiger partial charge on any atom is 0.407 e. The van der Waals surface area contributed by atoms with Gasteiger partial charge in [-0.25, -0.2) is 14.8 Å². The number of nitrogens with one attached hydrogen (secondary N) is 3. The van der Waals surface area contributed by atoms with E-state index in [0.717, 1.165) is 70.7 Å². The molecule has 13 heteroatoms. The van der Waals surface area contributed by atoms with Crippen molar-refractivity contribution >= 4 is 29.5 Å². The number of halogens is 1. The van der Waals surface area contributed by atoms with Gasteiger partial charge in [0.2, 0.25) is 5.91 Å². The van der Waals surface area contributed by atoms with Crippen LogP contribution < -0.4 is 5.32 Å². The molecular formula is C46H47ClN8O4. The lowest BCUT2D eigenvalue weighted by Gasteiger charge is -2.31. The first-order valence-corrected chi connectivity index (χ1v) is 20.3. The van der Waals surface area contributed by atoms with E-state index in [4.69, 9.17) is 26.3 Å². The number of likely N-dealkylation sites (tertiary alicyclic amines) is 2. The molecule has 2 fully saturated rings. The largest absolute Gasteiger partial charge is 0.453 e. The van der Waals surface area contributed by atoms with E-state index in [1.165, 1.54) is 7.11 Å². The third-order valence-electron chi connectivity index (χ3n) is 11.4. The van der Waals surface area contributed by atoms with Crippen molar-refractivity contribution in [3.8, 4) is 33.6 Å². The highest BCUT2D eigenvalue weighted by molar-refractivity contribution is 6.30. The molecule has 12 nitrogen and oxygen atoms in total. The number of likely N-dealkylation sites (N-methyl/N-ethyl adjacent to an activating group) is 1. The van der Waals surface area contributed by atoms with Crippen LogP contribution in [0.25, 0.3) is 33.6 Å². The van der Waals surface area contributed by atoms with Gasteiger partial charge >= 0.3 is 6.09 Å². The van der Waals surface area contributed by atoms with E-state index in [9.17, 15) is 14.4 Å². The Balaban J connectivity index is 0.928. The molecule has 2 aliphatic rings. The summed E-state index contributed by atoms with van der Waals surface area (Å²) in [4.78, 5) is 62.2. The third kappa shape index (κ3) is 8.37. The minimum Gasteiger partial charge on any atom is -0.453 e. The van der Waals surface area contributed by atoms with Gasteiger partial charge in [-0.3, -0.25) is 14.5 Å². The van der Waals surface area contributed by atoms with E-state index in [1.54, 1.807) is 11.1 Å². The van der Waals surface area contributed by atoms with Gasteiger partial charge in [0.15, 0.2) is 0 Å². The van der Waals surface area contributed by atoms with Crippen LogP contribution in [0.2, 0.25) is 5.02 Å². The van der Waals surface area contributed by atoms with Crippen molar-refractivity contribution in [1.29, 1.82) is 0 Å². The minimum absolute atomic E-state index is 0.0529. The van der Waals surface area contributed by atoms with Gasteiger partial charge in [-0.05, 0) is 85.3 Å². The molecule has 6 aromatic rings. The topological polar surface area (TPSA) is 140 Å². The van der Waals surface area contributed by atoms with Crippen molar-refractivity contribution in [2.24, 2.45) is 0 Å². The van der Waals surface area contributed by atoms with Crippen LogP contribution in [0.3, 0.4) is 0 Å². The Bertz CT molecular complexity index is 2400. The number of amides is 3. The molecule has 0 bridgehead atoms. The number of imidazole rings is 2. The second-order valence-electron chi connectivity index (χ2n) is 15.3. The van der Waals surface area contributed by atoms with Gasteiger partial charge < -0.3 is 29.8 Å². The zero-order valence-corrected chi connectivity index (χ0v) is 34.0. The summed E-state index contributed by atoms with van der Waals surface area (Å²) in [5.41, 5.74) is 7.47. The second kappa shape index (κ2) is 17.3. The van der Waals surface area contributed by atoms with Crippen LogP contribution in [0, 0.1) is 0 Å². The number of carbonyl (C=O) groups is 3. The van der Waals surface area contributed by atoms with Crippen molar-refractivity contribution < 1.29 is 19.1 Å². The molecule has 3 N–H and O–H groups in total. The second-order valence-corrected chi connectivity index (χ2v) is 15.7. The number of aromatic amines is 2. The molecule has 2 aliphatic heterocycles. The van der Waals surface area contributed by atoms with Crippen molar-refractivity contribution in [3.63, 3.8) is 0 Å². The predicted octanol–water partition coefficient (Wildman–Crippen LogP) is 8.51. The molecule has 4 aromatic carbocycles. The van der Waals surface area contributed by atoms with Crippen molar-refractivity contribution in [3.05, 3.63) is 143 Å². The summed E-state index contributed by atoms with van der Waals surface area (Å²) in [6.45, 7) is 1.24. The normalized spacial score (nSPS) is 17.6. The highest BCUT2D eigenvalue weighted by atomic mass is 35.5. The number of aromatic nitrogens is 4. The first-order valence-electron chi connectivity index (χ1n) is 19.9. The molecule has 0 aliphatic carbocycles. The number of ether oxygens (including phenoxy) is 1. The monoisotopic (exact) mass is 810 g/mol. The summed E-state index contributed by atoms with van der Waals surface area (Å²) in [7, 11) is 5.13. The number of hydrogen-bond donors (Lipinski definition) is 3. The summed E-state index contributed by atoms with van der Waals surface area (Å²) >= 11 is 6.14. The van der Waals surface area contributed by atoms with E-state index in [1.807, 2.05) is 84.7 Å². The lowest BCUT2D eigenvalue weighted by atomic mass is 10.0. The highest BCUT2D eigenvalue weighted by Crippen LogP contribution is 2.37. The van der Waals surface area contributed by atoms with Crippen LogP contribution in [0.5, 0.6) is 0 Å². The number of hydrogen-bond acceptors (Lipinski definition) is 7. The summed E-state index contributed by atoms with van der Waals surface area (Å²) < 4.78 is 4.83. The maximum absolute atomic E-state index is 14.0. The molecule has 3 amide bonds. The Morgan fingerprint density at radius 3 is 1.68 bits per heavy atom. The maximum atomic E-state index is 14.0. The summed E-state index contributed by atoms with van der Waals surface area (Å²) in [6, 6.07) is 31.7. The average molecular weight is 811 g/mol. The zero-order valence-electron chi connectivity index (χ0n) is 33.3. The fourth-order valence-electron chi connectivity index (χ4n) is 8.36. The van der Waals surface area contributed by atoms with E-state index in [-0.39, 0.29) is 23.9 Å². The number of alkyl carbamates (subject to hydrolysis) is 1. The smallest absolute Gasteiger partial charge is 0.407 e. The lowest BCUT2D eigenvalue weighted by Crippen LogP contribution is -2.42. The number of benzene rings is 4. The zero-order chi connectivity index (χ0) is 41.0. The SMILES string of the molecule is COC(=O)N[C@@H](C(=O)N1CCC[C@H]1c1ncc(-c2ccc(-c3ccc(-c4cnc([C@@H]5CCCN5C(=O)C(c5ccc(Cl)cc5)N(C)C)[nH]4)cc3)cc2)[nH]1)c1ccccc1. The highest BCUT2D eigenvalue weighted by Gasteiger charge is 2.38. The van der Waals surface area contributed by atoms with Crippen molar-refractivity contribution in [2.75, 3.05) is 34.3 Å². The quantitative estimate of drug-likeness (QED) is 0.119. The van der Waals surface area contributed by atoms with Crippen LogP contribution in [-0.4, -0.2) is 86.8 Å². The van der Waals surface area contributed by atoms with Gasteiger partial charge in [0.05, 0.1) is 43.0 Å². The van der Waals surface area contributed by atoms with E-state index in [2.05, 4.69) is 63.8 Å². The molecule has 4 atom stereocenters. The summed E-state index contributed by atoms with van der Waals surface area (Å²) in [6.07, 6.45) is 6.33. The van der Waals surface area contributed by atoms with Crippen LogP contribution in [0.15, 0.2) is 116 Å². The van der Waals surface area contributed by atoms with Crippen molar-refractivity contribution in [1.82, 2.24) is 40.0 Å². The molecule has 4 heterocycles. The van der Waals surface area contributed by atoms with Crippen LogP contribution in [-0.2, 0) is 14.3 Å². The van der Waals surface area contributed by atoms with Crippen LogP contribution >= 0.6 is 11.6 Å². The number of rotatable bonds is 11. The van der Waals surface area contributed by atoms with Gasteiger partial charge in [-0.15, -0.1) is 0 Å². The Morgan fingerprint density at radius 2 is 1.19 bits per heavy atom. The number of nitrogens with zero attached hydrogens (tertiary/aromatic N) is 5. The Hall–Kier alpha value is -6.24. The first kappa shape index (κ1) is 39.6. The number of H-pyrrole nitrogens is 2. The molecule has 302 valence electrons. The molecule has 8 rings (SSSR count). The summed E-state index contributed by atoms with van der Waals surface area (Å²) in [5, 5.41) is 3.36. The molecule has 2 aromatic heterocycles. The van der Waals surface area contributed by atoms with Gasteiger partial charge in [0.25, 0.3) is 5.91 Å². The minimum atomic E-state index is -0.875. The summed E-state index contributed by atoms with van der Waals surface area (Å²) in [5.74, 6) is 1.35. The van der Waals surface area contributed by atoms with E-state index in [0.29, 0.717) is 29.5 Å². The molecule has 1 unspecified atom stereocenters. The average Bonchev–Trinajstić information content (AvgIpc) is 4.11. The molecule has 0 saturated carbocycles. The van der Waals surface area contributed by atoms with Crippen LogP contribution in [0.4, 0.5) is 4.79 Å². The van der Waals surface area contributed by atoms with Gasteiger partial charge in [-0.1, -0.05) is 103 Å². The van der Waals surface area contributed by atoms with E-state index >= 15 is 0 Å². The predicted molar refractivity (Wildman–Crippen MR) is 227 cm³/mol. The van der Waals surface area contributed by atoms with Gasteiger partial charge in [0.1, 0.15) is 23.7 Å². The standard InChI is InChI=1S/C46H47ClN8O4/c1-53(2)41(34-21-23-35(47)24-22-34)45(57)55-26-8-12-39(55)43-49-28-37(51-43)32-19-15-30(16-20-32)29-13-17-31(18-14-29)36-27-48-42(50-36)38-11-7-25-54(38)44(56)40(52-46(58)59-3)33-9-5-4-6-10-33/h4-6,9-10,13-24,27-28,38-41H,7-8,11-12,25-26H2,1-3H3,(H,48,50)(H,49,51)(H,52,58)/t38-,39-,40+,41?/m0/s1. The first-order chi connectivity index (χ1) is 28.7. The Labute approximate surface area is 348 Å². The third-order valence-corrected chi connectivity index (χ3v) is 11.6. The Morgan fingerprint density at radius 1 is 0.695 bits per heavy atom. The molecule has 59 heavy (non-hydrogen) atoms. The molecule has 2 saturated heterocycles. The lowest BCUT2D eigenvalue weighted by molar-refractivity contribution is -0.137. The number of methoxy groups -OCH3 is 1. The molecule has 0 radical (unpaired) electrons. The van der Waals surface area contributed by atoms with Crippen LogP contribution in [0.1, 0.15) is 72.6 Å². The van der Waals surface area contributed by atoms with Gasteiger partial charge in [0, 0.05) is 18.1 Å². The fourth-order valence-corrected chi connectivity index (χ4v) is 8.48. The molecular weight excluding hydrogens is 764 g/mol. The Kier molecular flexibility index (Phi) is 11.6. The number of carbonyl (C=O) groups excluding carboxylic acids is 3.